The number of alkyl halides is 3. The molecule has 2 aromatic heterocycles. The Morgan fingerprint density at radius 3 is 2.56 bits per heavy atom. The molecule has 0 saturated heterocycles. The van der Waals surface area contributed by atoms with Gasteiger partial charge in [0.1, 0.15) is 5.15 Å². The van der Waals surface area contributed by atoms with Crippen LogP contribution in [0.3, 0.4) is 0 Å². The van der Waals surface area contributed by atoms with E-state index < -0.39 is 17.6 Å². The molecule has 0 aliphatic heterocycles. The summed E-state index contributed by atoms with van der Waals surface area (Å²) in [6.07, 6.45) is -3.06. The number of carboxylic acid groups (broad SMARTS) is 1. The van der Waals surface area contributed by atoms with Crippen molar-refractivity contribution in [2.75, 3.05) is 6.61 Å². The third-order valence-electron chi connectivity index (χ3n) is 3.61. The molecule has 0 aromatic carbocycles. The minimum absolute atomic E-state index is 0.123. The van der Waals surface area contributed by atoms with Crippen LogP contribution in [-0.2, 0) is 0 Å². The van der Waals surface area contributed by atoms with Gasteiger partial charge in [-0.1, -0.05) is 25.4 Å². The van der Waals surface area contributed by atoms with E-state index in [1.165, 1.54) is 29.1 Å². The molecule has 0 saturated carbocycles. The molecule has 2 heterocycles. The minimum atomic E-state index is -4.32. The number of nitrogens with zero attached hydrogens (tertiary/aromatic N) is 3. The van der Waals surface area contributed by atoms with Gasteiger partial charge < -0.3 is 9.84 Å². The molecule has 1 N–H and O–H groups in total. The number of hydrogen-bond acceptors (Lipinski definition) is 4. The average Bonchev–Trinajstić information content (AvgIpc) is 2.94. The van der Waals surface area contributed by atoms with Gasteiger partial charge in [0.05, 0.1) is 17.6 Å². The maximum atomic E-state index is 12.8. The summed E-state index contributed by atoms with van der Waals surface area (Å²) in [7, 11) is 0. The zero-order chi connectivity index (χ0) is 18.8. The van der Waals surface area contributed by atoms with Crippen molar-refractivity contribution in [3.05, 3.63) is 35.1 Å². The maximum Gasteiger partial charge on any atom is 0.394 e. The molecule has 25 heavy (non-hydrogen) atoms. The zero-order valence-corrected chi connectivity index (χ0v) is 14.1. The second-order valence-electron chi connectivity index (χ2n) is 5.89. The third-order valence-corrected chi connectivity index (χ3v) is 3.90. The fraction of sp³-hybridized carbons (Fsp3) is 0.400. The second-order valence-corrected chi connectivity index (χ2v) is 6.25. The van der Waals surface area contributed by atoms with Crippen LogP contribution in [0.5, 0.6) is 5.88 Å². The highest BCUT2D eigenvalue weighted by Crippen LogP contribution is 2.40. The van der Waals surface area contributed by atoms with Crippen LogP contribution in [-0.4, -0.2) is 38.6 Å². The number of carboxylic acids is 1. The number of rotatable bonds is 6. The van der Waals surface area contributed by atoms with Gasteiger partial charge in [-0.25, -0.2) is 14.5 Å². The Morgan fingerprint density at radius 2 is 2.00 bits per heavy atom. The van der Waals surface area contributed by atoms with E-state index in [1.807, 2.05) is 0 Å². The van der Waals surface area contributed by atoms with Gasteiger partial charge in [-0.05, 0) is 18.6 Å². The van der Waals surface area contributed by atoms with E-state index in [0.29, 0.717) is 0 Å². The summed E-state index contributed by atoms with van der Waals surface area (Å²) in [5, 5.41) is 12.7. The van der Waals surface area contributed by atoms with Crippen LogP contribution in [0.2, 0.25) is 5.15 Å². The predicted molar refractivity (Wildman–Crippen MR) is 83.3 cm³/mol. The smallest absolute Gasteiger partial charge is 0.394 e. The molecular weight excluding hydrogens is 363 g/mol. The van der Waals surface area contributed by atoms with Crippen molar-refractivity contribution in [2.24, 2.45) is 5.41 Å². The summed E-state index contributed by atoms with van der Waals surface area (Å²) in [5.41, 5.74) is -2.01. The Morgan fingerprint density at radius 1 is 1.32 bits per heavy atom. The van der Waals surface area contributed by atoms with Crippen molar-refractivity contribution in [1.82, 2.24) is 14.8 Å². The van der Waals surface area contributed by atoms with E-state index in [-0.39, 0.29) is 35.4 Å². The molecular formula is C15H15ClF3N3O3. The van der Waals surface area contributed by atoms with E-state index in [0.717, 1.165) is 13.8 Å². The summed E-state index contributed by atoms with van der Waals surface area (Å²) < 4.78 is 44.8. The Kier molecular flexibility index (Phi) is 5.26. The molecule has 0 aliphatic carbocycles. The van der Waals surface area contributed by atoms with E-state index in [4.69, 9.17) is 21.4 Å². The van der Waals surface area contributed by atoms with Gasteiger partial charge in [0.15, 0.2) is 5.82 Å². The molecule has 0 unspecified atom stereocenters. The number of aromatic carboxylic acids is 1. The number of hydrogen-bond donors (Lipinski definition) is 1. The van der Waals surface area contributed by atoms with Gasteiger partial charge in [-0.15, -0.1) is 5.10 Å². The Labute approximate surface area is 146 Å². The van der Waals surface area contributed by atoms with Crippen molar-refractivity contribution in [2.45, 2.75) is 26.4 Å². The van der Waals surface area contributed by atoms with Gasteiger partial charge in [0.25, 0.3) is 0 Å². The zero-order valence-electron chi connectivity index (χ0n) is 13.3. The molecule has 0 aliphatic rings. The Balaban J connectivity index is 2.03. The van der Waals surface area contributed by atoms with Crippen LogP contribution in [0.1, 0.15) is 30.6 Å². The molecule has 136 valence electrons. The molecule has 2 rings (SSSR count). The van der Waals surface area contributed by atoms with Gasteiger partial charge in [-0.3, -0.25) is 0 Å². The summed E-state index contributed by atoms with van der Waals surface area (Å²) in [5.74, 6) is -0.834. The summed E-state index contributed by atoms with van der Waals surface area (Å²) in [4.78, 5) is 14.8. The normalized spacial score (nSPS) is 12.2. The molecule has 2 aromatic rings. The predicted octanol–water partition coefficient (Wildman–Crippen LogP) is 3.98. The molecule has 0 radical (unpaired) electrons. The average molecular weight is 378 g/mol. The van der Waals surface area contributed by atoms with Crippen molar-refractivity contribution in [3.63, 3.8) is 0 Å². The molecule has 0 atom stereocenters. The number of carbonyl (C=O) groups is 1. The largest absolute Gasteiger partial charge is 0.478 e. The highest BCUT2D eigenvalue weighted by Gasteiger charge is 2.46. The van der Waals surface area contributed by atoms with E-state index in [9.17, 15) is 18.0 Å². The number of pyridine rings is 1. The fourth-order valence-electron chi connectivity index (χ4n) is 1.78. The van der Waals surface area contributed by atoms with E-state index in [2.05, 4.69) is 10.1 Å². The van der Waals surface area contributed by atoms with Gasteiger partial charge >= 0.3 is 12.1 Å². The summed E-state index contributed by atoms with van der Waals surface area (Å²) in [6, 6.07) is 4.14. The van der Waals surface area contributed by atoms with Crippen LogP contribution >= 0.6 is 11.6 Å². The van der Waals surface area contributed by atoms with Crippen LogP contribution in [0, 0.1) is 5.41 Å². The van der Waals surface area contributed by atoms with Crippen molar-refractivity contribution < 1.29 is 27.8 Å². The molecule has 10 heteroatoms. The van der Waals surface area contributed by atoms with Crippen LogP contribution in [0.4, 0.5) is 13.2 Å². The van der Waals surface area contributed by atoms with Crippen LogP contribution < -0.4 is 4.74 Å². The first-order valence-electron chi connectivity index (χ1n) is 7.17. The van der Waals surface area contributed by atoms with Gasteiger partial charge in [0.2, 0.25) is 5.88 Å². The second kappa shape index (κ2) is 6.91. The molecule has 6 nitrogen and oxygen atoms in total. The molecule has 0 amide bonds. The topological polar surface area (TPSA) is 77.2 Å². The lowest BCUT2D eigenvalue weighted by atomic mass is 9.89. The lowest BCUT2D eigenvalue weighted by Gasteiger charge is -2.27. The minimum Gasteiger partial charge on any atom is -0.478 e. The fourth-order valence-corrected chi connectivity index (χ4v) is 2.01. The molecule has 0 fully saturated rings. The highest BCUT2D eigenvalue weighted by atomic mass is 35.5. The van der Waals surface area contributed by atoms with Crippen LogP contribution in [0.25, 0.3) is 5.82 Å². The van der Waals surface area contributed by atoms with Gasteiger partial charge in [-0.2, -0.15) is 13.2 Å². The Hall–Kier alpha value is -2.29. The van der Waals surface area contributed by atoms with Crippen molar-refractivity contribution in [3.8, 4) is 11.7 Å². The van der Waals surface area contributed by atoms with Crippen molar-refractivity contribution in [1.29, 1.82) is 0 Å². The monoisotopic (exact) mass is 377 g/mol. The molecule has 0 spiro atoms. The Bertz CT molecular complexity index is 775. The first kappa shape index (κ1) is 19.0. The van der Waals surface area contributed by atoms with Crippen molar-refractivity contribution >= 4 is 17.6 Å². The third kappa shape index (κ3) is 4.41. The molecule has 0 bridgehead atoms. The standard InChI is InChI=1S/C15H15ClF3N3O3/c1-14(2,15(17,18)19)6-8-25-11-5-7-22(21-11)10-4-3-9(13(23)24)12(16)20-10/h3-5,7H,6,8H2,1-2H3,(H,23,24). The lowest BCUT2D eigenvalue weighted by molar-refractivity contribution is -0.215. The quantitative estimate of drug-likeness (QED) is 0.770. The van der Waals surface area contributed by atoms with E-state index in [1.54, 1.807) is 0 Å². The number of ether oxygens (including phenoxy) is 1. The number of halogens is 4. The highest BCUT2D eigenvalue weighted by molar-refractivity contribution is 6.32. The summed E-state index contributed by atoms with van der Waals surface area (Å²) in [6.45, 7) is 2.05. The summed E-state index contributed by atoms with van der Waals surface area (Å²) >= 11 is 5.79. The maximum absolute atomic E-state index is 12.8. The SMILES string of the molecule is CC(C)(CCOc1ccn(-c2ccc(C(=O)O)c(Cl)n2)n1)C(F)(F)F. The lowest BCUT2D eigenvalue weighted by Crippen LogP contribution is -2.33. The first-order valence-corrected chi connectivity index (χ1v) is 7.54. The van der Waals surface area contributed by atoms with Crippen LogP contribution in [0.15, 0.2) is 24.4 Å². The van der Waals surface area contributed by atoms with E-state index >= 15 is 0 Å². The first-order chi connectivity index (χ1) is 11.5. The number of aromatic nitrogens is 3. The van der Waals surface area contributed by atoms with Gasteiger partial charge in [0, 0.05) is 12.3 Å².